The second-order valence-corrected chi connectivity index (χ2v) is 6.86. The summed E-state index contributed by atoms with van der Waals surface area (Å²) in [7, 11) is 0. The highest BCUT2D eigenvalue weighted by atomic mass is 16.5. The first-order valence-electron chi connectivity index (χ1n) is 10.3. The molecule has 0 aromatic heterocycles. The molecule has 1 rings (SSSR count). The molecule has 0 radical (unpaired) electrons. The van der Waals surface area contributed by atoms with E-state index < -0.39 is 0 Å². The molecule has 27 heavy (non-hydrogen) atoms. The van der Waals surface area contributed by atoms with Crippen LogP contribution in [0.4, 0.5) is 0 Å². The van der Waals surface area contributed by atoms with Crippen molar-refractivity contribution in [2.24, 2.45) is 0 Å². The molecule has 0 heterocycles. The van der Waals surface area contributed by atoms with Gasteiger partial charge in [0.1, 0.15) is 0 Å². The molecule has 0 bridgehead atoms. The number of hydrogen-bond donors (Lipinski definition) is 1. The van der Waals surface area contributed by atoms with Crippen LogP contribution >= 0.6 is 0 Å². The lowest BCUT2D eigenvalue weighted by Gasteiger charge is -2.21. The molecule has 5 heteroatoms. The molecular weight excluding hydrogens is 340 g/mol. The van der Waals surface area contributed by atoms with Crippen LogP contribution in [0, 0.1) is 0 Å². The monoisotopic (exact) mass is 376 g/mol. The first-order chi connectivity index (χ1) is 13.1. The van der Waals surface area contributed by atoms with Gasteiger partial charge in [0.05, 0.1) is 6.10 Å². The molecule has 0 spiro atoms. The Balaban J connectivity index is 2.09. The van der Waals surface area contributed by atoms with Crippen molar-refractivity contribution >= 4 is 11.8 Å². The largest absolute Gasteiger partial charge is 0.374 e. The lowest BCUT2D eigenvalue weighted by atomic mass is 10.1. The highest BCUT2D eigenvalue weighted by molar-refractivity contribution is 5.78. The van der Waals surface area contributed by atoms with Crippen LogP contribution in [0.1, 0.15) is 71.0 Å². The smallest absolute Gasteiger partial charge is 0.222 e. The van der Waals surface area contributed by atoms with Crippen molar-refractivity contribution in [1.82, 2.24) is 10.2 Å². The molecule has 0 fully saturated rings. The normalized spacial score (nSPS) is 11.8. The van der Waals surface area contributed by atoms with Gasteiger partial charge in [-0.15, -0.1) is 0 Å². The van der Waals surface area contributed by atoms with Crippen molar-refractivity contribution in [1.29, 1.82) is 0 Å². The van der Waals surface area contributed by atoms with Crippen molar-refractivity contribution in [2.45, 2.75) is 65.4 Å². The highest BCUT2D eigenvalue weighted by Crippen LogP contribution is 2.15. The Bertz CT molecular complexity index is 528. The number of nitrogens with zero attached hydrogens (tertiary/aromatic N) is 1. The summed E-state index contributed by atoms with van der Waals surface area (Å²) in [6, 6.07) is 10.1. The van der Waals surface area contributed by atoms with Gasteiger partial charge in [-0.2, -0.15) is 0 Å². The Hall–Kier alpha value is -1.88. The summed E-state index contributed by atoms with van der Waals surface area (Å²) in [5.74, 6) is 0.172. The second kappa shape index (κ2) is 14.2. The highest BCUT2D eigenvalue weighted by Gasteiger charge is 2.12. The van der Waals surface area contributed by atoms with Crippen molar-refractivity contribution < 1.29 is 14.3 Å². The molecule has 1 aromatic rings. The van der Waals surface area contributed by atoms with Crippen molar-refractivity contribution in [3.63, 3.8) is 0 Å². The molecule has 2 amide bonds. The first kappa shape index (κ1) is 23.2. The summed E-state index contributed by atoms with van der Waals surface area (Å²) in [6.45, 7) is 9.01. The Morgan fingerprint density at radius 1 is 1.04 bits per heavy atom. The Morgan fingerprint density at radius 2 is 1.70 bits per heavy atom. The standard InChI is InChI=1S/C22H36N2O3/c1-4-16-24(17-5-2)22(26)14-9-13-21(25)23-15-10-18-27-19(3)20-11-7-6-8-12-20/h6-8,11-12,19H,4-5,9-10,13-18H2,1-3H3,(H,23,25). The van der Waals surface area contributed by atoms with Crippen LogP contribution in [0.25, 0.3) is 0 Å². The second-order valence-electron chi connectivity index (χ2n) is 6.86. The van der Waals surface area contributed by atoms with E-state index in [-0.39, 0.29) is 17.9 Å². The summed E-state index contributed by atoms with van der Waals surface area (Å²) >= 11 is 0. The van der Waals surface area contributed by atoms with Crippen LogP contribution in [-0.4, -0.2) is 43.0 Å². The van der Waals surface area contributed by atoms with E-state index in [1.807, 2.05) is 30.0 Å². The topological polar surface area (TPSA) is 58.6 Å². The van der Waals surface area contributed by atoms with Gasteiger partial charge in [0.2, 0.25) is 11.8 Å². The third-order valence-corrected chi connectivity index (χ3v) is 4.41. The molecule has 5 nitrogen and oxygen atoms in total. The van der Waals surface area contributed by atoms with E-state index in [0.717, 1.165) is 37.9 Å². The number of nitrogens with one attached hydrogen (secondary N) is 1. The SMILES string of the molecule is CCCN(CCC)C(=O)CCCC(=O)NCCCOC(C)c1ccccc1. The fourth-order valence-electron chi connectivity index (χ4n) is 2.93. The number of amides is 2. The van der Waals surface area contributed by atoms with E-state index in [9.17, 15) is 9.59 Å². The van der Waals surface area contributed by atoms with E-state index >= 15 is 0 Å². The predicted octanol–water partition coefficient (Wildman–Crippen LogP) is 4.09. The zero-order valence-corrected chi connectivity index (χ0v) is 17.2. The molecule has 0 aliphatic heterocycles. The molecule has 1 aromatic carbocycles. The maximum absolute atomic E-state index is 12.2. The van der Waals surface area contributed by atoms with Gasteiger partial charge in [-0.05, 0) is 38.2 Å². The van der Waals surface area contributed by atoms with Crippen LogP contribution in [0.3, 0.4) is 0 Å². The van der Waals surface area contributed by atoms with Crippen LogP contribution in [0.15, 0.2) is 30.3 Å². The van der Waals surface area contributed by atoms with Crippen LogP contribution in [0.5, 0.6) is 0 Å². The summed E-state index contributed by atoms with van der Waals surface area (Å²) in [5, 5.41) is 2.91. The van der Waals surface area contributed by atoms with Gasteiger partial charge in [0.25, 0.3) is 0 Å². The maximum atomic E-state index is 12.2. The van der Waals surface area contributed by atoms with Gasteiger partial charge < -0.3 is 15.0 Å². The van der Waals surface area contributed by atoms with Gasteiger partial charge >= 0.3 is 0 Å². The number of carbonyl (C=O) groups is 2. The quantitative estimate of drug-likeness (QED) is 0.498. The fourth-order valence-corrected chi connectivity index (χ4v) is 2.93. The van der Waals surface area contributed by atoms with Gasteiger partial charge in [-0.1, -0.05) is 44.2 Å². The Kier molecular flexibility index (Phi) is 12.2. The maximum Gasteiger partial charge on any atom is 0.222 e. The first-order valence-corrected chi connectivity index (χ1v) is 10.3. The number of carbonyl (C=O) groups excluding carboxylic acids is 2. The van der Waals surface area contributed by atoms with Crippen LogP contribution < -0.4 is 5.32 Å². The zero-order chi connectivity index (χ0) is 19.9. The minimum absolute atomic E-state index is 0.0106. The predicted molar refractivity (Wildman–Crippen MR) is 109 cm³/mol. The lowest BCUT2D eigenvalue weighted by molar-refractivity contribution is -0.131. The minimum Gasteiger partial charge on any atom is -0.374 e. The molecule has 0 aliphatic rings. The molecule has 0 saturated carbocycles. The van der Waals surface area contributed by atoms with Gasteiger partial charge in [-0.3, -0.25) is 9.59 Å². The average molecular weight is 377 g/mol. The number of benzene rings is 1. The Labute approximate surface area is 164 Å². The van der Waals surface area contributed by atoms with E-state index in [2.05, 4.69) is 31.3 Å². The van der Waals surface area contributed by atoms with Crippen molar-refractivity contribution in [3.8, 4) is 0 Å². The van der Waals surface area contributed by atoms with Gasteiger partial charge in [-0.25, -0.2) is 0 Å². The fraction of sp³-hybridized carbons (Fsp3) is 0.636. The minimum atomic E-state index is 0.0106. The van der Waals surface area contributed by atoms with Crippen LogP contribution in [0.2, 0.25) is 0 Å². The average Bonchev–Trinajstić information content (AvgIpc) is 2.68. The van der Waals surface area contributed by atoms with E-state index in [4.69, 9.17) is 4.74 Å². The molecule has 1 atom stereocenters. The third kappa shape index (κ3) is 10.1. The van der Waals surface area contributed by atoms with E-state index in [0.29, 0.717) is 32.4 Å². The Morgan fingerprint density at radius 3 is 2.33 bits per heavy atom. The summed E-state index contributed by atoms with van der Waals surface area (Å²) < 4.78 is 5.79. The zero-order valence-electron chi connectivity index (χ0n) is 17.2. The van der Waals surface area contributed by atoms with Gasteiger partial charge in [0, 0.05) is 39.1 Å². The summed E-state index contributed by atoms with van der Waals surface area (Å²) in [5.41, 5.74) is 1.16. The summed E-state index contributed by atoms with van der Waals surface area (Å²) in [6.07, 6.45) is 4.24. The molecular formula is C22H36N2O3. The van der Waals surface area contributed by atoms with Gasteiger partial charge in [0.15, 0.2) is 0 Å². The van der Waals surface area contributed by atoms with E-state index in [1.165, 1.54) is 0 Å². The van der Waals surface area contributed by atoms with E-state index in [1.54, 1.807) is 0 Å². The number of hydrogen-bond acceptors (Lipinski definition) is 3. The molecule has 1 N–H and O–H groups in total. The number of ether oxygens (including phenoxy) is 1. The lowest BCUT2D eigenvalue weighted by Crippen LogP contribution is -2.32. The third-order valence-electron chi connectivity index (χ3n) is 4.41. The van der Waals surface area contributed by atoms with Crippen molar-refractivity contribution in [2.75, 3.05) is 26.2 Å². The molecule has 1 unspecified atom stereocenters. The summed E-state index contributed by atoms with van der Waals surface area (Å²) in [4.78, 5) is 26.0. The van der Waals surface area contributed by atoms with Crippen molar-refractivity contribution in [3.05, 3.63) is 35.9 Å². The molecule has 0 aliphatic carbocycles. The molecule has 152 valence electrons. The molecule has 0 saturated heterocycles. The number of rotatable bonds is 14. The van der Waals surface area contributed by atoms with Crippen LogP contribution in [-0.2, 0) is 14.3 Å².